The molecule has 2 amide bonds. The third-order valence-corrected chi connectivity index (χ3v) is 5.15. The highest BCUT2D eigenvalue weighted by Gasteiger charge is 2.30. The summed E-state index contributed by atoms with van der Waals surface area (Å²) in [6, 6.07) is 9.41. The van der Waals surface area contributed by atoms with E-state index in [0.717, 1.165) is 11.3 Å². The second-order valence-electron chi connectivity index (χ2n) is 7.25. The normalized spacial score (nSPS) is 14.8. The number of aryl methyl sites for hydroxylation is 2. The maximum absolute atomic E-state index is 12.9. The first kappa shape index (κ1) is 18.9. The number of aromatic nitrogens is 3. The number of nitrogens with one attached hydrogen (secondary N) is 1. The molecular weight excluding hydrogens is 370 g/mol. The number of carbonyl (C=O) groups is 2. The van der Waals surface area contributed by atoms with Crippen LogP contribution in [0.2, 0.25) is 0 Å². The number of carbonyl (C=O) groups excluding carboxylic acids is 2. The maximum Gasteiger partial charge on any atom is 0.276 e. The van der Waals surface area contributed by atoms with Crippen LogP contribution in [0.15, 0.2) is 47.1 Å². The molecule has 0 radical (unpaired) electrons. The molecule has 1 aliphatic heterocycles. The van der Waals surface area contributed by atoms with Gasteiger partial charge < -0.3 is 14.6 Å². The number of likely N-dealkylation sites (tertiary alicyclic amines) is 1. The minimum absolute atomic E-state index is 0.000204. The Morgan fingerprint density at radius 3 is 2.55 bits per heavy atom. The fraction of sp³-hybridized carbons (Fsp3) is 0.333. The molecule has 0 unspecified atom stereocenters. The molecule has 3 heterocycles. The van der Waals surface area contributed by atoms with Crippen molar-refractivity contribution in [3.8, 4) is 11.5 Å². The van der Waals surface area contributed by atoms with Crippen molar-refractivity contribution in [2.75, 3.05) is 18.4 Å². The molecule has 0 spiro atoms. The van der Waals surface area contributed by atoms with Crippen molar-refractivity contribution in [2.45, 2.75) is 19.8 Å². The van der Waals surface area contributed by atoms with Crippen molar-refractivity contribution in [2.24, 2.45) is 13.0 Å². The van der Waals surface area contributed by atoms with E-state index in [9.17, 15) is 9.59 Å². The van der Waals surface area contributed by atoms with Gasteiger partial charge in [0.05, 0.1) is 11.8 Å². The first-order valence-corrected chi connectivity index (χ1v) is 9.63. The smallest absolute Gasteiger partial charge is 0.276 e. The number of hydrogen-bond donors (Lipinski definition) is 1. The molecule has 1 N–H and O–H groups in total. The number of hydrogen-bond acceptors (Lipinski definition) is 5. The highest BCUT2D eigenvalue weighted by molar-refractivity contribution is 5.95. The van der Waals surface area contributed by atoms with Crippen molar-refractivity contribution in [3.05, 3.63) is 54.2 Å². The summed E-state index contributed by atoms with van der Waals surface area (Å²) in [7, 11) is 1.81. The summed E-state index contributed by atoms with van der Waals surface area (Å²) in [6.45, 7) is 2.76. The third kappa shape index (κ3) is 4.06. The molecule has 1 fully saturated rings. The molecule has 0 bridgehead atoms. The molecule has 0 aliphatic carbocycles. The Hall–Kier alpha value is -3.42. The SMILES string of the molecule is Cc1oc(-c2cnn(C)c2)nc1C(=O)N1CCC(C(=O)Nc2ccccc2)CC1. The Balaban J connectivity index is 1.38. The number of para-hydroxylation sites is 1. The molecule has 8 heteroatoms. The van der Waals surface area contributed by atoms with E-state index in [4.69, 9.17) is 4.42 Å². The summed E-state index contributed by atoms with van der Waals surface area (Å²) in [6.07, 6.45) is 4.68. The minimum Gasteiger partial charge on any atom is -0.440 e. The number of benzene rings is 1. The Morgan fingerprint density at radius 2 is 1.90 bits per heavy atom. The average molecular weight is 393 g/mol. The Kier molecular flexibility index (Phi) is 5.16. The predicted molar refractivity (Wildman–Crippen MR) is 107 cm³/mol. The molecule has 0 saturated carbocycles. The second kappa shape index (κ2) is 7.90. The van der Waals surface area contributed by atoms with Gasteiger partial charge in [0.25, 0.3) is 5.91 Å². The molecule has 0 atom stereocenters. The first-order chi connectivity index (χ1) is 14.0. The van der Waals surface area contributed by atoms with E-state index in [2.05, 4.69) is 15.4 Å². The summed E-state index contributed by atoms with van der Waals surface area (Å²) in [4.78, 5) is 31.5. The quantitative estimate of drug-likeness (QED) is 0.736. The standard InChI is InChI=1S/C21H23N5O3/c1-14-18(24-20(29-14)16-12-22-25(2)13-16)21(28)26-10-8-15(9-11-26)19(27)23-17-6-4-3-5-7-17/h3-7,12-13,15H,8-11H2,1-2H3,(H,23,27). The number of rotatable bonds is 4. The van der Waals surface area contributed by atoms with Gasteiger partial charge in [0, 0.05) is 37.9 Å². The van der Waals surface area contributed by atoms with Gasteiger partial charge in [-0.1, -0.05) is 18.2 Å². The molecule has 150 valence electrons. The molecular formula is C21H23N5O3. The van der Waals surface area contributed by atoms with E-state index in [-0.39, 0.29) is 17.7 Å². The second-order valence-corrected chi connectivity index (χ2v) is 7.25. The topological polar surface area (TPSA) is 93.3 Å². The van der Waals surface area contributed by atoms with Gasteiger partial charge in [-0.15, -0.1) is 0 Å². The first-order valence-electron chi connectivity index (χ1n) is 9.63. The van der Waals surface area contributed by atoms with Crippen LogP contribution in [0.4, 0.5) is 5.69 Å². The summed E-state index contributed by atoms with van der Waals surface area (Å²) >= 11 is 0. The molecule has 4 rings (SSSR count). The van der Waals surface area contributed by atoms with Gasteiger partial charge in [0.15, 0.2) is 5.69 Å². The zero-order valence-electron chi connectivity index (χ0n) is 16.5. The Morgan fingerprint density at radius 1 is 1.17 bits per heavy atom. The molecule has 2 aromatic heterocycles. The number of oxazole rings is 1. The van der Waals surface area contributed by atoms with Crippen LogP contribution in [0.1, 0.15) is 29.1 Å². The number of amides is 2. The van der Waals surface area contributed by atoms with Gasteiger partial charge in [-0.05, 0) is 31.9 Å². The van der Waals surface area contributed by atoms with E-state index in [1.807, 2.05) is 37.4 Å². The van der Waals surface area contributed by atoms with Gasteiger partial charge in [-0.2, -0.15) is 5.10 Å². The summed E-state index contributed by atoms with van der Waals surface area (Å²) in [5, 5.41) is 7.05. The molecule has 3 aromatic rings. The van der Waals surface area contributed by atoms with Crippen LogP contribution in [-0.4, -0.2) is 44.6 Å². The van der Waals surface area contributed by atoms with Crippen molar-refractivity contribution in [3.63, 3.8) is 0 Å². The number of nitrogens with zero attached hydrogens (tertiary/aromatic N) is 4. The molecule has 1 aromatic carbocycles. The fourth-order valence-corrected chi connectivity index (χ4v) is 3.51. The molecule has 29 heavy (non-hydrogen) atoms. The van der Waals surface area contributed by atoms with Gasteiger partial charge in [0.2, 0.25) is 11.8 Å². The van der Waals surface area contributed by atoms with E-state index < -0.39 is 0 Å². The zero-order chi connectivity index (χ0) is 20.4. The minimum atomic E-state index is -0.164. The molecule has 8 nitrogen and oxygen atoms in total. The van der Waals surface area contributed by atoms with E-state index in [1.165, 1.54) is 0 Å². The lowest BCUT2D eigenvalue weighted by molar-refractivity contribution is -0.121. The van der Waals surface area contributed by atoms with Gasteiger partial charge in [-0.25, -0.2) is 4.98 Å². The fourth-order valence-electron chi connectivity index (χ4n) is 3.51. The van der Waals surface area contributed by atoms with Crippen LogP contribution >= 0.6 is 0 Å². The van der Waals surface area contributed by atoms with Gasteiger partial charge >= 0.3 is 0 Å². The van der Waals surface area contributed by atoms with E-state index in [1.54, 1.807) is 28.9 Å². The van der Waals surface area contributed by atoms with Crippen LogP contribution in [0.5, 0.6) is 0 Å². The lowest BCUT2D eigenvalue weighted by Gasteiger charge is -2.31. The zero-order valence-corrected chi connectivity index (χ0v) is 16.5. The van der Waals surface area contributed by atoms with Crippen LogP contribution in [0.25, 0.3) is 11.5 Å². The summed E-state index contributed by atoms with van der Waals surface area (Å²) < 4.78 is 7.33. The Bertz CT molecular complexity index is 1020. The van der Waals surface area contributed by atoms with Crippen LogP contribution in [0.3, 0.4) is 0 Å². The van der Waals surface area contributed by atoms with Crippen LogP contribution in [-0.2, 0) is 11.8 Å². The lowest BCUT2D eigenvalue weighted by atomic mass is 9.95. The van der Waals surface area contributed by atoms with Gasteiger partial charge in [0.1, 0.15) is 5.76 Å². The largest absolute Gasteiger partial charge is 0.440 e. The van der Waals surface area contributed by atoms with Crippen LogP contribution in [0, 0.1) is 12.8 Å². The number of piperidine rings is 1. The van der Waals surface area contributed by atoms with Crippen molar-refractivity contribution in [1.82, 2.24) is 19.7 Å². The van der Waals surface area contributed by atoms with Crippen LogP contribution < -0.4 is 5.32 Å². The van der Waals surface area contributed by atoms with E-state index in [0.29, 0.717) is 43.3 Å². The van der Waals surface area contributed by atoms with E-state index >= 15 is 0 Å². The molecule has 1 aliphatic rings. The third-order valence-electron chi connectivity index (χ3n) is 5.15. The van der Waals surface area contributed by atoms with Gasteiger partial charge in [-0.3, -0.25) is 14.3 Å². The average Bonchev–Trinajstić information content (AvgIpc) is 3.34. The lowest BCUT2D eigenvalue weighted by Crippen LogP contribution is -2.41. The maximum atomic E-state index is 12.9. The monoisotopic (exact) mass is 393 g/mol. The highest BCUT2D eigenvalue weighted by atomic mass is 16.4. The summed E-state index contributed by atoms with van der Waals surface area (Å²) in [5.74, 6) is 0.598. The predicted octanol–water partition coefficient (Wildman–Crippen LogP) is 2.87. The molecule has 1 saturated heterocycles. The van der Waals surface area contributed by atoms with Crippen molar-refractivity contribution >= 4 is 17.5 Å². The summed E-state index contributed by atoms with van der Waals surface area (Å²) in [5.41, 5.74) is 1.83. The Labute approximate surface area is 168 Å². The number of anilines is 1. The van der Waals surface area contributed by atoms with Crippen molar-refractivity contribution < 1.29 is 14.0 Å². The van der Waals surface area contributed by atoms with Crippen molar-refractivity contribution in [1.29, 1.82) is 0 Å². The highest BCUT2D eigenvalue weighted by Crippen LogP contribution is 2.25.